The van der Waals surface area contributed by atoms with Crippen LogP contribution in [0.3, 0.4) is 0 Å². The number of rotatable bonds is 4. The predicted octanol–water partition coefficient (Wildman–Crippen LogP) is 3.49. The normalized spacial score (nSPS) is 20.2. The number of thiazole rings is 1. The molecular formula is C19H20N4O2S. The molecule has 0 atom stereocenters. The summed E-state index contributed by atoms with van der Waals surface area (Å²) in [5.74, 6) is 0.620. The maximum atomic E-state index is 12.5. The first-order chi connectivity index (χ1) is 12.7. The molecule has 7 heteroatoms. The van der Waals surface area contributed by atoms with Gasteiger partial charge in [-0.25, -0.2) is 9.97 Å². The first-order valence-electron chi connectivity index (χ1n) is 8.80. The first kappa shape index (κ1) is 17.1. The summed E-state index contributed by atoms with van der Waals surface area (Å²) < 4.78 is 0. The van der Waals surface area contributed by atoms with Crippen LogP contribution in [0, 0.1) is 11.8 Å². The third-order valence-corrected chi connectivity index (χ3v) is 5.83. The van der Waals surface area contributed by atoms with E-state index in [9.17, 15) is 9.90 Å². The standard InChI is InChI=1S/C19H20N4O2S/c24-10-12-1-3-13(4-2-12)18(25)23-19-21-8-15-6-5-14(7-16(15)22-19)17-9-20-11-26-17/h5-9,11-13,24H,1-4,10H2,(H,21,22,23,25). The monoisotopic (exact) mass is 368 g/mol. The van der Waals surface area contributed by atoms with Gasteiger partial charge in [0.15, 0.2) is 0 Å². The van der Waals surface area contributed by atoms with E-state index in [0.717, 1.165) is 47.0 Å². The van der Waals surface area contributed by atoms with E-state index >= 15 is 0 Å². The first-order valence-corrected chi connectivity index (χ1v) is 9.68. The highest BCUT2D eigenvalue weighted by Crippen LogP contribution is 2.29. The molecule has 26 heavy (non-hydrogen) atoms. The van der Waals surface area contributed by atoms with Crippen LogP contribution in [0.1, 0.15) is 25.7 Å². The molecule has 1 saturated carbocycles. The highest BCUT2D eigenvalue weighted by atomic mass is 32.1. The van der Waals surface area contributed by atoms with E-state index in [-0.39, 0.29) is 18.4 Å². The quantitative estimate of drug-likeness (QED) is 0.736. The van der Waals surface area contributed by atoms with Crippen LogP contribution in [0.2, 0.25) is 0 Å². The van der Waals surface area contributed by atoms with Crippen molar-refractivity contribution in [3.63, 3.8) is 0 Å². The molecule has 0 spiro atoms. The minimum absolute atomic E-state index is 0.0272. The number of benzene rings is 1. The van der Waals surface area contributed by atoms with Crippen LogP contribution in [0.5, 0.6) is 0 Å². The van der Waals surface area contributed by atoms with Crippen molar-refractivity contribution in [3.05, 3.63) is 36.1 Å². The number of aliphatic hydroxyl groups excluding tert-OH is 1. The molecule has 2 aromatic heterocycles. The number of nitrogens with one attached hydrogen (secondary N) is 1. The van der Waals surface area contributed by atoms with Crippen LogP contribution in [-0.2, 0) is 4.79 Å². The molecule has 6 nitrogen and oxygen atoms in total. The summed E-state index contributed by atoms with van der Waals surface area (Å²) in [5, 5.41) is 13.0. The summed E-state index contributed by atoms with van der Waals surface area (Å²) in [6.07, 6.45) is 6.96. The summed E-state index contributed by atoms with van der Waals surface area (Å²) in [6.45, 7) is 0.213. The van der Waals surface area contributed by atoms with Crippen molar-refractivity contribution >= 4 is 34.1 Å². The van der Waals surface area contributed by atoms with Crippen molar-refractivity contribution in [1.82, 2.24) is 15.0 Å². The summed E-state index contributed by atoms with van der Waals surface area (Å²) in [5.41, 5.74) is 3.65. The Morgan fingerprint density at radius 2 is 2.08 bits per heavy atom. The number of hydrogen-bond donors (Lipinski definition) is 2. The van der Waals surface area contributed by atoms with Gasteiger partial charge in [-0.05, 0) is 43.2 Å². The van der Waals surface area contributed by atoms with E-state index < -0.39 is 0 Å². The minimum Gasteiger partial charge on any atom is -0.396 e. The molecule has 0 unspecified atom stereocenters. The molecule has 1 aromatic carbocycles. The SMILES string of the molecule is O=C(Nc1ncc2ccc(-c3cncs3)cc2n1)C1CCC(CO)CC1. The minimum atomic E-state index is -0.0284. The van der Waals surface area contributed by atoms with Gasteiger partial charge in [-0.15, -0.1) is 11.3 Å². The van der Waals surface area contributed by atoms with Gasteiger partial charge in [0, 0.05) is 30.3 Å². The Morgan fingerprint density at radius 1 is 1.23 bits per heavy atom. The third kappa shape index (κ3) is 3.59. The van der Waals surface area contributed by atoms with Crippen LogP contribution < -0.4 is 5.32 Å². The van der Waals surface area contributed by atoms with Crippen molar-refractivity contribution < 1.29 is 9.90 Å². The van der Waals surface area contributed by atoms with Crippen LogP contribution in [0.25, 0.3) is 21.3 Å². The molecule has 0 radical (unpaired) electrons. The predicted molar refractivity (Wildman–Crippen MR) is 102 cm³/mol. The van der Waals surface area contributed by atoms with Crippen molar-refractivity contribution in [3.8, 4) is 10.4 Å². The van der Waals surface area contributed by atoms with E-state index in [1.807, 2.05) is 24.4 Å². The van der Waals surface area contributed by atoms with Gasteiger partial charge in [0.1, 0.15) is 0 Å². The maximum Gasteiger partial charge on any atom is 0.229 e. The molecule has 2 heterocycles. The Hall–Kier alpha value is -2.38. The Morgan fingerprint density at radius 3 is 2.81 bits per heavy atom. The van der Waals surface area contributed by atoms with E-state index in [0.29, 0.717) is 11.9 Å². The highest BCUT2D eigenvalue weighted by molar-refractivity contribution is 7.13. The van der Waals surface area contributed by atoms with Crippen molar-refractivity contribution in [2.75, 3.05) is 11.9 Å². The number of carbonyl (C=O) groups excluding carboxylic acids is 1. The van der Waals surface area contributed by atoms with Gasteiger partial charge >= 0.3 is 0 Å². The molecule has 1 aliphatic rings. The maximum absolute atomic E-state index is 12.5. The lowest BCUT2D eigenvalue weighted by molar-refractivity contribution is -0.121. The Bertz CT molecular complexity index is 905. The fraction of sp³-hybridized carbons (Fsp3) is 0.368. The molecule has 4 rings (SSSR count). The third-order valence-electron chi connectivity index (χ3n) is 5.01. The van der Waals surface area contributed by atoms with Crippen molar-refractivity contribution in [2.45, 2.75) is 25.7 Å². The molecule has 1 fully saturated rings. The molecule has 0 aliphatic heterocycles. The Balaban J connectivity index is 1.50. The summed E-state index contributed by atoms with van der Waals surface area (Å²) in [4.78, 5) is 26.5. The van der Waals surface area contributed by atoms with Crippen LogP contribution in [-0.4, -0.2) is 32.6 Å². The topological polar surface area (TPSA) is 88.0 Å². The van der Waals surface area contributed by atoms with Crippen LogP contribution in [0.15, 0.2) is 36.1 Å². The van der Waals surface area contributed by atoms with Crippen molar-refractivity contribution in [1.29, 1.82) is 0 Å². The van der Waals surface area contributed by atoms with Gasteiger partial charge < -0.3 is 5.11 Å². The van der Waals surface area contributed by atoms with Gasteiger partial charge in [0.25, 0.3) is 0 Å². The second-order valence-corrected chi connectivity index (χ2v) is 7.61. The zero-order valence-corrected chi connectivity index (χ0v) is 15.1. The second-order valence-electron chi connectivity index (χ2n) is 6.72. The largest absolute Gasteiger partial charge is 0.396 e. The lowest BCUT2D eigenvalue weighted by atomic mass is 9.82. The molecular weight excluding hydrogens is 348 g/mol. The second kappa shape index (κ2) is 7.47. The Labute approximate surface area is 155 Å². The fourth-order valence-electron chi connectivity index (χ4n) is 3.41. The summed E-state index contributed by atoms with van der Waals surface area (Å²) in [6, 6.07) is 6.00. The smallest absolute Gasteiger partial charge is 0.229 e. The summed E-state index contributed by atoms with van der Waals surface area (Å²) in [7, 11) is 0. The molecule has 134 valence electrons. The molecule has 1 amide bonds. The molecule has 0 bridgehead atoms. The van der Waals surface area contributed by atoms with Gasteiger partial charge in [-0.2, -0.15) is 0 Å². The van der Waals surface area contributed by atoms with Gasteiger partial charge in [-0.1, -0.05) is 12.1 Å². The number of nitrogens with zero attached hydrogens (tertiary/aromatic N) is 3. The van der Waals surface area contributed by atoms with Gasteiger partial charge in [0.05, 0.1) is 15.9 Å². The number of amides is 1. The number of aromatic nitrogens is 3. The molecule has 2 N–H and O–H groups in total. The molecule has 0 saturated heterocycles. The number of anilines is 1. The lowest BCUT2D eigenvalue weighted by Crippen LogP contribution is -2.28. The average molecular weight is 368 g/mol. The number of fused-ring (bicyclic) bond motifs is 1. The lowest BCUT2D eigenvalue weighted by Gasteiger charge is -2.26. The number of carbonyl (C=O) groups is 1. The van der Waals surface area contributed by atoms with E-state index in [2.05, 4.69) is 20.3 Å². The number of aliphatic hydroxyl groups is 1. The summed E-state index contributed by atoms with van der Waals surface area (Å²) >= 11 is 1.58. The fourth-order valence-corrected chi connectivity index (χ4v) is 4.03. The zero-order valence-electron chi connectivity index (χ0n) is 14.3. The zero-order chi connectivity index (χ0) is 17.9. The number of hydrogen-bond acceptors (Lipinski definition) is 6. The van der Waals surface area contributed by atoms with Crippen molar-refractivity contribution in [2.24, 2.45) is 11.8 Å². The van der Waals surface area contributed by atoms with E-state index in [1.165, 1.54) is 0 Å². The average Bonchev–Trinajstić information content (AvgIpc) is 3.22. The Kier molecular flexibility index (Phi) is 4.90. The van der Waals surface area contributed by atoms with Crippen LogP contribution >= 0.6 is 11.3 Å². The molecule has 3 aromatic rings. The van der Waals surface area contributed by atoms with Crippen LogP contribution in [0.4, 0.5) is 5.95 Å². The van der Waals surface area contributed by atoms with Gasteiger partial charge in [0.2, 0.25) is 11.9 Å². The molecule has 1 aliphatic carbocycles. The highest BCUT2D eigenvalue weighted by Gasteiger charge is 2.26. The van der Waals surface area contributed by atoms with E-state index in [4.69, 9.17) is 0 Å². The van der Waals surface area contributed by atoms with Gasteiger partial charge in [-0.3, -0.25) is 15.1 Å². The van der Waals surface area contributed by atoms with E-state index in [1.54, 1.807) is 23.0 Å².